The number of hydrogen-bond donors (Lipinski definition) is 2. The zero-order chi connectivity index (χ0) is 21.3. The van der Waals surface area contributed by atoms with Crippen LogP contribution in [0.1, 0.15) is 28.4 Å². The van der Waals surface area contributed by atoms with E-state index < -0.39 is 0 Å². The van der Waals surface area contributed by atoms with Crippen LogP contribution in [0.4, 0.5) is 5.69 Å². The van der Waals surface area contributed by atoms with Gasteiger partial charge in [-0.2, -0.15) is 5.10 Å². The summed E-state index contributed by atoms with van der Waals surface area (Å²) in [5, 5.41) is 7.31. The molecule has 0 radical (unpaired) electrons. The summed E-state index contributed by atoms with van der Waals surface area (Å²) in [6, 6.07) is 21.4. The molecular weight excluding hydrogens is 402 g/mol. The molecule has 0 unspecified atom stereocenters. The van der Waals surface area contributed by atoms with Crippen molar-refractivity contribution in [2.24, 2.45) is 5.10 Å². The van der Waals surface area contributed by atoms with Gasteiger partial charge in [-0.1, -0.05) is 23.7 Å². The van der Waals surface area contributed by atoms with Gasteiger partial charge in [0.25, 0.3) is 5.91 Å². The van der Waals surface area contributed by atoms with Crippen molar-refractivity contribution in [1.29, 1.82) is 0 Å². The Morgan fingerprint density at radius 1 is 0.967 bits per heavy atom. The standard InChI is InChI=1S/C23H20ClN3O3/c1-16(28)26-21-10-6-19(7-11-21)23(29)27-25-14-17-4-12-22(13-5-17)30-15-18-2-8-20(24)9-3-18/h2-14H,15H2,1H3,(H,26,28)(H,27,29)/b25-14-. The molecule has 0 aliphatic heterocycles. The largest absolute Gasteiger partial charge is 0.489 e. The molecule has 0 aliphatic carbocycles. The first-order valence-electron chi connectivity index (χ1n) is 9.18. The maximum atomic E-state index is 12.1. The van der Waals surface area contributed by atoms with Crippen molar-refractivity contribution in [1.82, 2.24) is 5.43 Å². The second kappa shape index (κ2) is 10.2. The molecule has 0 bridgehead atoms. The number of hydrogen-bond acceptors (Lipinski definition) is 4. The van der Waals surface area contributed by atoms with Crippen LogP contribution in [-0.2, 0) is 11.4 Å². The Morgan fingerprint density at radius 3 is 2.27 bits per heavy atom. The Labute approximate surface area is 179 Å². The number of carbonyl (C=O) groups is 2. The van der Waals surface area contributed by atoms with E-state index in [1.165, 1.54) is 6.92 Å². The lowest BCUT2D eigenvalue weighted by atomic mass is 10.2. The molecule has 3 aromatic carbocycles. The SMILES string of the molecule is CC(=O)Nc1ccc(C(=O)N/N=C\c2ccc(OCc3ccc(Cl)cc3)cc2)cc1. The average Bonchev–Trinajstić information content (AvgIpc) is 2.74. The lowest BCUT2D eigenvalue weighted by molar-refractivity contribution is -0.114. The van der Waals surface area contributed by atoms with E-state index in [9.17, 15) is 9.59 Å². The van der Waals surface area contributed by atoms with E-state index in [2.05, 4.69) is 15.8 Å². The zero-order valence-electron chi connectivity index (χ0n) is 16.3. The van der Waals surface area contributed by atoms with E-state index in [0.29, 0.717) is 22.9 Å². The second-order valence-electron chi connectivity index (χ2n) is 6.44. The highest BCUT2D eigenvalue weighted by Crippen LogP contribution is 2.15. The van der Waals surface area contributed by atoms with Crippen LogP contribution in [0.2, 0.25) is 5.02 Å². The van der Waals surface area contributed by atoms with Crippen LogP contribution in [0.3, 0.4) is 0 Å². The van der Waals surface area contributed by atoms with Crippen LogP contribution in [0, 0.1) is 0 Å². The van der Waals surface area contributed by atoms with Gasteiger partial charge in [-0.25, -0.2) is 5.43 Å². The molecule has 7 heteroatoms. The topological polar surface area (TPSA) is 79.8 Å². The number of amides is 2. The Bertz CT molecular complexity index is 1030. The highest BCUT2D eigenvalue weighted by Gasteiger charge is 2.04. The molecule has 0 saturated carbocycles. The van der Waals surface area contributed by atoms with Gasteiger partial charge in [0.05, 0.1) is 6.21 Å². The molecule has 0 fully saturated rings. The van der Waals surface area contributed by atoms with Crippen molar-refractivity contribution in [2.75, 3.05) is 5.32 Å². The highest BCUT2D eigenvalue weighted by atomic mass is 35.5. The van der Waals surface area contributed by atoms with Crippen molar-refractivity contribution in [2.45, 2.75) is 13.5 Å². The zero-order valence-corrected chi connectivity index (χ0v) is 17.0. The summed E-state index contributed by atoms with van der Waals surface area (Å²) in [7, 11) is 0. The van der Waals surface area contributed by atoms with Crippen molar-refractivity contribution < 1.29 is 14.3 Å². The summed E-state index contributed by atoms with van der Waals surface area (Å²) in [5.41, 5.74) is 5.38. The molecule has 0 heterocycles. The molecular formula is C23H20ClN3O3. The van der Waals surface area contributed by atoms with Crippen LogP contribution in [0.25, 0.3) is 0 Å². The molecule has 30 heavy (non-hydrogen) atoms. The average molecular weight is 422 g/mol. The molecule has 3 rings (SSSR count). The van der Waals surface area contributed by atoms with Gasteiger partial charge < -0.3 is 10.1 Å². The van der Waals surface area contributed by atoms with Crippen molar-refractivity contribution in [3.63, 3.8) is 0 Å². The molecule has 0 spiro atoms. The number of nitrogens with one attached hydrogen (secondary N) is 2. The minimum atomic E-state index is -0.344. The summed E-state index contributed by atoms with van der Waals surface area (Å²) < 4.78 is 5.74. The van der Waals surface area contributed by atoms with Gasteiger partial charge >= 0.3 is 0 Å². The Hall–Kier alpha value is -3.64. The molecule has 0 aliphatic rings. The number of nitrogens with zero attached hydrogens (tertiary/aromatic N) is 1. The highest BCUT2D eigenvalue weighted by molar-refractivity contribution is 6.30. The van der Waals surface area contributed by atoms with Crippen LogP contribution < -0.4 is 15.5 Å². The first-order chi connectivity index (χ1) is 14.5. The smallest absolute Gasteiger partial charge is 0.271 e. The van der Waals surface area contributed by atoms with Crippen molar-refractivity contribution >= 4 is 35.3 Å². The predicted molar refractivity (Wildman–Crippen MR) is 118 cm³/mol. The number of hydrazone groups is 1. The summed E-state index contributed by atoms with van der Waals surface area (Å²) in [6.45, 7) is 1.87. The van der Waals surface area contributed by atoms with Gasteiger partial charge in [0.1, 0.15) is 12.4 Å². The molecule has 2 N–H and O–H groups in total. The number of ether oxygens (including phenoxy) is 1. The molecule has 2 amide bonds. The summed E-state index contributed by atoms with van der Waals surface area (Å²) >= 11 is 5.87. The van der Waals surface area contributed by atoms with E-state index in [1.54, 1.807) is 30.5 Å². The van der Waals surface area contributed by atoms with Gasteiger partial charge in [-0.15, -0.1) is 0 Å². The Balaban J connectivity index is 1.49. The van der Waals surface area contributed by atoms with Crippen molar-refractivity contribution in [3.05, 3.63) is 94.5 Å². The molecule has 6 nitrogen and oxygen atoms in total. The quantitative estimate of drug-likeness (QED) is 0.430. The van der Waals surface area contributed by atoms with E-state index in [1.807, 2.05) is 48.5 Å². The predicted octanol–water partition coefficient (Wildman–Crippen LogP) is 4.64. The molecule has 3 aromatic rings. The monoisotopic (exact) mass is 421 g/mol. The van der Waals surface area contributed by atoms with Crippen LogP contribution in [0.5, 0.6) is 5.75 Å². The van der Waals surface area contributed by atoms with Gasteiger partial charge in [0, 0.05) is 23.2 Å². The maximum absolute atomic E-state index is 12.1. The molecule has 152 valence electrons. The van der Waals surface area contributed by atoms with Crippen LogP contribution in [-0.4, -0.2) is 18.0 Å². The van der Waals surface area contributed by atoms with Gasteiger partial charge in [0.15, 0.2) is 0 Å². The lowest BCUT2D eigenvalue weighted by Crippen LogP contribution is -2.17. The Kier molecular flexibility index (Phi) is 7.19. The minimum Gasteiger partial charge on any atom is -0.489 e. The normalized spacial score (nSPS) is 10.6. The minimum absolute atomic E-state index is 0.168. The summed E-state index contributed by atoms with van der Waals surface area (Å²) in [4.78, 5) is 23.1. The number of halogens is 1. The molecule has 0 atom stereocenters. The van der Waals surface area contributed by atoms with Crippen LogP contribution in [0.15, 0.2) is 77.9 Å². The van der Waals surface area contributed by atoms with E-state index in [0.717, 1.165) is 16.9 Å². The van der Waals surface area contributed by atoms with Crippen LogP contribution >= 0.6 is 11.6 Å². The number of carbonyl (C=O) groups excluding carboxylic acids is 2. The third kappa shape index (κ3) is 6.46. The first-order valence-corrected chi connectivity index (χ1v) is 9.56. The van der Waals surface area contributed by atoms with E-state index in [4.69, 9.17) is 16.3 Å². The first kappa shape index (κ1) is 21.1. The third-order valence-electron chi connectivity index (χ3n) is 4.05. The third-order valence-corrected chi connectivity index (χ3v) is 4.30. The van der Waals surface area contributed by atoms with Gasteiger partial charge in [-0.05, 0) is 71.8 Å². The number of rotatable bonds is 7. The summed E-state index contributed by atoms with van der Waals surface area (Å²) in [6.07, 6.45) is 1.55. The van der Waals surface area contributed by atoms with E-state index >= 15 is 0 Å². The lowest BCUT2D eigenvalue weighted by Gasteiger charge is -2.06. The Morgan fingerprint density at radius 2 is 1.63 bits per heavy atom. The van der Waals surface area contributed by atoms with Gasteiger partial charge in [0.2, 0.25) is 5.91 Å². The fraction of sp³-hybridized carbons (Fsp3) is 0.0870. The van der Waals surface area contributed by atoms with Crippen molar-refractivity contribution in [3.8, 4) is 5.75 Å². The molecule has 0 saturated heterocycles. The summed E-state index contributed by atoms with van der Waals surface area (Å²) in [5.74, 6) is 0.215. The maximum Gasteiger partial charge on any atom is 0.271 e. The molecule has 0 aromatic heterocycles. The number of benzene rings is 3. The second-order valence-corrected chi connectivity index (χ2v) is 6.88. The number of anilines is 1. The fourth-order valence-corrected chi connectivity index (χ4v) is 2.66. The van der Waals surface area contributed by atoms with E-state index in [-0.39, 0.29) is 11.8 Å². The van der Waals surface area contributed by atoms with Gasteiger partial charge in [-0.3, -0.25) is 9.59 Å². The fourth-order valence-electron chi connectivity index (χ4n) is 2.54.